The van der Waals surface area contributed by atoms with Gasteiger partial charge in [0.05, 0.1) is 0 Å². The van der Waals surface area contributed by atoms with Crippen molar-refractivity contribution in [3.05, 3.63) is 5.56 Å². The van der Waals surface area contributed by atoms with Gasteiger partial charge in [0, 0.05) is 6.54 Å². The Morgan fingerprint density at radius 3 is 2.71 bits per heavy atom. The summed E-state index contributed by atoms with van der Waals surface area (Å²) in [6, 6.07) is -0.424. The number of aromatic nitrogens is 1. The van der Waals surface area contributed by atoms with Gasteiger partial charge in [-0.05, 0) is 24.2 Å². The smallest absolute Gasteiger partial charge is 0.341 e. The first-order valence-corrected chi connectivity index (χ1v) is 6.76. The molecule has 2 amide bonds. The van der Waals surface area contributed by atoms with Gasteiger partial charge in [0.15, 0.2) is 0 Å². The van der Waals surface area contributed by atoms with Crippen LogP contribution in [0.3, 0.4) is 0 Å². The average molecular weight is 275 g/mol. The van der Waals surface area contributed by atoms with Crippen LogP contribution < -0.4 is 10.6 Å². The minimum atomic E-state index is -1.08. The number of anilines is 1. The van der Waals surface area contributed by atoms with Crippen LogP contribution in [0.5, 0.6) is 0 Å². The number of carbonyl (C=O) groups is 2. The summed E-state index contributed by atoms with van der Waals surface area (Å²) >= 11 is 2.31. The van der Waals surface area contributed by atoms with E-state index >= 15 is 0 Å². The van der Waals surface area contributed by atoms with Gasteiger partial charge in [0.25, 0.3) is 0 Å². The zero-order valence-corrected chi connectivity index (χ0v) is 11.1. The molecule has 0 saturated heterocycles. The summed E-state index contributed by atoms with van der Waals surface area (Å²) in [5, 5.41) is 14.8. The molecule has 17 heavy (non-hydrogen) atoms. The summed E-state index contributed by atoms with van der Waals surface area (Å²) in [7, 11) is 0. The summed E-state index contributed by atoms with van der Waals surface area (Å²) in [6.07, 6.45) is 0. The van der Waals surface area contributed by atoms with Gasteiger partial charge in [0.2, 0.25) is 0 Å². The Bertz CT molecular complexity index is 420. The van der Waals surface area contributed by atoms with Crippen LogP contribution in [0.25, 0.3) is 0 Å². The van der Waals surface area contributed by atoms with E-state index in [1.807, 2.05) is 6.92 Å². The molecular weight excluding hydrogens is 262 g/mol. The molecular formula is C9H13N3O3S2. The molecule has 1 rings (SSSR count). The fourth-order valence-corrected chi connectivity index (χ4v) is 2.77. The number of carboxylic acid groups (broad SMARTS) is 1. The molecule has 6 nitrogen and oxygen atoms in total. The third-order valence-corrected chi connectivity index (χ3v) is 3.46. The number of aromatic carboxylic acids is 1. The van der Waals surface area contributed by atoms with Crippen LogP contribution in [0.4, 0.5) is 9.80 Å². The Balaban J connectivity index is 2.91. The average Bonchev–Trinajstić information content (AvgIpc) is 2.62. The maximum absolute atomic E-state index is 11.3. The van der Waals surface area contributed by atoms with E-state index in [-0.39, 0.29) is 10.6 Å². The van der Waals surface area contributed by atoms with E-state index in [9.17, 15) is 9.59 Å². The second-order valence-corrected chi connectivity index (χ2v) is 4.94. The molecule has 0 aliphatic heterocycles. The second kappa shape index (κ2) is 6.45. The molecule has 0 saturated carbocycles. The summed E-state index contributed by atoms with van der Waals surface area (Å²) in [5.74, 6) is -0.355. The molecule has 0 spiro atoms. The van der Waals surface area contributed by atoms with Crippen LogP contribution in [0.15, 0.2) is 5.03 Å². The van der Waals surface area contributed by atoms with E-state index in [0.717, 1.165) is 17.3 Å². The molecule has 0 aliphatic carbocycles. The van der Waals surface area contributed by atoms with Gasteiger partial charge in [-0.2, -0.15) is 4.37 Å². The fraction of sp³-hybridized carbons (Fsp3) is 0.444. The largest absolute Gasteiger partial charge is 0.477 e. The SMILES string of the molecule is CCNC(=O)Nc1snc(SCC)c1C(=O)O. The molecule has 0 fully saturated rings. The molecule has 0 aromatic carbocycles. The molecule has 0 aliphatic rings. The van der Waals surface area contributed by atoms with Crippen molar-refractivity contribution in [1.29, 1.82) is 0 Å². The fourth-order valence-electron chi connectivity index (χ4n) is 1.09. The molecule has 1 heterocycles. The molecule has 1 aromatic heterocycles. The van der Waals surface area contributed by atoms with Crippen molar-refractivity contribution < 1.29 is 14.7 Å². The van der Waals surface area contributed by atoms with Gasteiger partial charge in [0.1, 0.15) is 15.6 Å². The standard InChI is InChI=1S/C9H13N3O3S2/c1-3-10-9(15)11-6-5(8(13)14)7(12-17-6)16-4-2/h3-4H2,1-2H3,(H,13,14)(H2,10,11,15). The summed E-state index contributed by atoms with van der Waals surface area (Å²) in [5.41, 5.74) is 0.0631. The third kappa shape index (κ3) is 3.60. The Kier molecular flexibility index (Phi) is 5.23. The lowest BCUT2D eigenvalue weighted by molar-refractivity contribution is 0.0694. The van der Waals surface area contributed by atoms with Crippen molar-refractivity contribution >= 4 is 40.3 Å². The second-order valence-electron chi connectivity index (χ2n) is 2.91. The lowest BCUT2D eigenvalue weighted by Gasteiger charge is -2.04. The van der Waals surface area contributed by atoms with Crippen molar-refractivity contribution in [2.75, 3.05) is 17.6 Å². The topological polar surface area (TPSA) is 91.3 Å². The Morgan fingerprint density at radius 1 is 1.47 bits per heavy atom. The highest BCUT2D eigenvalue weighted by molar-refractivity contribution is 7.99. The quantitative estimate of drug-likeness (QED) is 0.716. The van der Waals surface area contributed by atoms with Gasteiger partial charge in [-0.15, -0.1) is 11.8 Å². The number of carbonyl (C=O) groups excluding carboxylic acids is 1. The van der Waals surface area contributed by atoms with Crippen molar-refractivity contribution in [3.63, 3.8) is 0 Å². The number of urea groups is 1. The van der Waals surface area contributed by atoms with Gasteiger partial charge >= 0.3 is 12.0 Å². The number of amides is 2. The Hall–Kier alpha value is -1.28. The number of hydrogen-bond donors (Lipinski definition) is 3. The van der Waals surface area contributed by atoms with Crippen LogP contribution in [-0.2, 0) is 0 Å². The summed E-state index contributed by atoms with van der Waals surface area (Å²) in [4.78, 5) is 22.4. The highest BCUT2D eigenvalue weighted by Crippen LogP contribution is 2.31. The van der Waals surface area contributed by atoms with Gasteiger partial charge < -0.3 is 10.4 Å². The first-order chi connectivity index (χ1) is 8.10. The first kappa shape index (κ1) is 13.8. The Labute approximate surface area is 107 Å². The Morgan fingerprint density at radius 2 is 2.18 bits per heavy atom. The van der Waals surface area contributed by atoms with Crippen molar-refractivity contribution in [1.82, 2.24) is 9.69 Å². The van der Waals surface area contributed by atoms with Crippen molar-refractivity contribution in [3.8, 4) is 0 Å². The monoisotopic (exact) mass is 275 g/mol. The van der Waals surface area contributed by atoms with Gasteiger partial charge in [-0.1, -0.05) is 6.92 Å². The van der Waals surface area contributed by atoms with E-state index < -0.39 is 12.0 Å². The van der Waals surface area contributed by atoms with Crippen LogP contribution >= 0.6 is 23.3 Å². The number of nitrogens with zero attached hydrogens (tertiary/aromatic N) is 1. The zero-order chi connectivity index (χ0) is 12.8. The molecule has 8 heteroatoms. The van der Waals surface area contributed by atoms with Crippen molar-refractivity contribution in [2.45, 2.75) is 18.9 Å². The molecule has 1 aromatic rings. The van der Waals surface area contributed by atoms with Gasteiger partial charge in [-0.3, -0.25) is 5.32 Å². The highest BCUT2D eigenvalue weighted by Gasteiger charge is 2.21. The predicted molar refractivity (Wildman–Crippen MR) is 68.2 cm³/mol. The maximum atomic E-state index is 11.3. The van der Waals surface area contributed by atoms with E-state index in [1.165, 1.54) is 11.8 Å². The maximum Gasteiger partial charge on any atom is 0.341 e. The van der Waals surface area contributed by atoms with E-state index in [0.29, 0.717) is 11.6 Å². The summed E-state index contributed by atoms with van der Waals surface area (Å²) in [6.45, 7) is 4.17. The number of nitrogens with one attached hydrogen (secondary N) is 2. The van der Waals surface area contributed by atoms with Crippen LogP contribution in [0, 0.1) is 0 Å². The number of rotatable bonds is 5. The predicted octanol–water partition coefficient (Wildman–Crippen LogP) is 2.09. The minimum absolute atomic E-state index is 0.0631. The zero-order valence-electron chi connectivity index (χ0n) is 9.44. The van der Waals surface area contributed by atoms with E-state index in [1.54, 1.807) is 6.92 Å². The summed E-state index contributed by atoms with van der Waals surface area (Å²) < 4.78 is 4.02. The number of carboxylic acids is 1. The molecule has 0 radical (unpaired) electrons. The van der Waals surface area contributed by atoms with Crippen LogP contribution in [0.1, 0.15) is 24.2 Å². The normalized spacial score (nSPS) is 10.0. The van der Waals surface area contributed by atoms with Crippen molar-refractivity contribution in [2.24, 2.45) is 0 Å². The molecule has 94 valence electrons. The number of hydrogen-bond acceptors (Lipinski definition) is 5. The van der Waals surface area contributed by atoms with Gasteiger partial charge in [-0.25, -0.2) is 9.59 Å². The molecule has 0 atom stereocenters. The lowest BCUT2D eigenvalue weighted by atomic mass is 10.3. The van der Waals surface area contributed by atoms with Crippen LogP contribution in [-0.4, -0.2) is 33.8 Å². The van der Waals surface area contributed by atoms with E-state index in [4.69, 9.17) is 5.11 Å². The third-order valence-electron chi connectivity index (χ3n) is 1.72. The highest BCUT2D eigenvalue weighted by atomic mass is 32.2. The molecule has 0 unspecified atom stereocenters. The minimum Gasteiger partial charge on any atom is -0.477 e. The van der Waals surface area contributed by atoms with E-state index in [2.05, 4.69) is 15.0 Å². The number of thioether (sulfide) groups is 1. The molecule has 3 N–H and O–H groups in total. The lowest BCUT2D eigenvalue weighted by Crippen LogP contribution is -2.28. The first-order valence-electron chi connectivity index (χ1n) is 5.00. The molecule has 0 bridgehead atoms. The van der Waals surface area contributed by atoms with Crippen LogP contribution in [0.2, 0.25) is 0 Å².